The van der Waals surface area contributed by atoms with Crippen molar-refractivity contribution in [3.8, 4) is 0 Å². The third kappa shape index (κ3) is 41.0. The second-order valence-corrected chi connectivity index (χ2v) is 18.5. The molecule has 0 fully saturated rings. The number of hydrogen-bond acceptors (Lipinski definition) is 6. The highest BCUT2D eigenvalue weighted by molar-refractivity contribution is 7.45. The molecule has 55 heavy (non-hydrogen) atoms. The molecule has 0 heterocycles. The van der Waals surface area contributed by atoms with Gasteiger partial charge in [0.1, 0.15) is 13.2 Å². The molecule has 3 unspecified atom stereocenters. The number of likely N-dealkylation sites (N-methyl/N-ethyl adjacent to an activating group) is 1. The summed E-state index contributed by atoms with van der Waals surface area (Å²) in [5.41, 5.74) is 0. The number of aliphatic hydroxyl groups excluding tert-OH is 1. The van der Waals surface area contributed by atoms with Gasteiger partial charge in [0.15, 0.2) is 0 Å². The number of unbranched alkanes of at least 4 members (excludes halogenated alkanes) is 27. The zero-order chi connectivity index (χ0) is 40.7. The van der Waals surface area contributed by atoms with E-state index in [0.29, 0.717) is 17.4 Å². The van der Waals surface area contributed by atoms with Crippen molar-refractivity contribution < 1.29 is 32.9 Å². The maximum absolute atomic E-state index is 12.9. The smallest absolute Gasteiger partial charge is 0.268 e. The molecule has 0 bridgehead atoms. The van der Waals surface area contributed by atoms with Crippen molar-refractivity contribution in [1.82, 2.24) is 5.32 Å². The van der Waals surface area contributed by atoms with Gasteiger partial charge in [-0.3, -0.25) is 9.36 Å². The lowest BCUT2D eigenvalue weighted by Crippen LogP contribution is -2.45. The molecule has 0 aliphatic heterocycles. The van der Waals surface area contributed by atoms with Gasteiger partial charge in [-0.2, -0.15) is 0 Å². The predicted molar refractivity (Wildman–Crippen MR) is 233 cm³/mol. The van der Waals surface area contributed by atoms with Gasteiger partial charge >= 0.3 is 0 Å². The summed E-state index contributed by atoms with van der Waals surface area (Å²) >= 11 is 0. The molecule has 326 valence electrons. The van der Waals surface area contributed by atoms with Crippen LogP contribution in [0.2, 0.25) is 0 Å². The first-order chi connectivity index (χ1) is 26.5. The van der Waals surface area contributed by atoms with E-state index in [0.717, 1.165) is 38.5 Å². The van der Waals surface area contributed by atoms with E-state index in [1.54, 1.807) is 6.08 Å². The van der Waals surface area contributed by atoms with Gasteiger partial charge in [0.2, 0.25) is 5.91 Å². The lowest BCUT2D eigenvalue weighted by molar-refractivity contribution is -0.870. The lowest BCUT2D eigenvalue weighted by atomic mass is 10.0. The summed E-state index contributed by atoms with van der Waals surface area (Å²) in [5.74, 6) is -0.205. The highest BCUT2D eigenvalue weighted by Gasteiger charge is 2.23. The SMILES string of the molecule is CCCCCCCCCCCCC/C=C/CC/C=C/C(O)C(COP(=O)([O-])OCC[N+](C)(C)C)NC(=O)CCCCCCCCCCCCCCCCCC. The minimum atomic E-state index is -4.59. The van der Waals surface area contributed by atoms with Crippen molar-refractivity contribution >= 4 is 13.7 Å². The molecule has 0 aliphatic carbocycles. The molecule has 8 nitrogen and oxygen atoms in total. The molecule has 0 radical (unpaired) electrons. The number of hydrogen-bond donors (Lipinski definition) is 2. The van der Waals surface area contributed by atoms with E-state index in [1.807, 2.05) is 27.2 Å². The number of carbonyl (C=O) groups excluding carboxylic acids is 1. The highest BCUT2D eigenvalue weighted by Crippen LogP contribution is 2.38. The zero-order valence-electron chi connectivity index (χ0n) is 36.9. The van der Waals surface area contributed by atoms with Crippen LogP contribution in [-0.4, -0.2) is 68.5 Å². The molecule has 0 saturated carbocycles. The number of nitrogens with one attached hydrogen (secondary N) is 1. The number of amides is 1. The summed E-state index contributed by atoms with van der Waals surface area (Å²) in [6.45, 7) is 4.64. The molecule has 0 aromatic rings. The number of phosphoric acid groups is 1. The average molecular weight is 799 g/mol. The Balaban J connectivity index is 4.43. The fraction of sp³-hybridized carbons (Fsp3) is 0.891. The molecular weight excluding hydrogens is 707 g/mol. The summed E-state index contributed by atoms with van der Waals surface area (Å²) in [4.78, 5) is 25.3. The van der Waals surface area contributed by atoms with Crippen LogP contribution >= 0.6 is 7.82 Å². The minimum absolute atomic E-state index is 0.00418. The normalized spacial score (nSPS) is 14.5. The number of aliphatic hydroxyl groups is 1. The quantitative estimate of drug-likeness (QED) is 0.0276. The number of phosphoric ester groups is 1. The first kappa shape index (κ1) is 54.0. The van der Waals surface area contributed by atoms with Crippen LogP contribution in [0.3, 0.4) is 0 Å². The Bertz CT molecular complexity index is 953. The minimum Gasteiger partial charge on any atom is -0.756 e. The standard InChI is InChI=1S/C46H91N2O6P/c1-6-8-10-12-14-16-18-20-22-24-25-27-29-31-33-35-37-39-45(49)44(43-54-55(51,52)53-42-41-48(3,4)5)47-46(50)40-38-36-34-32-30-28-26-23-21-19-17-15-13-11-9-7-2/h29,31,37,39,44-45,49H,6-28,30,32-36,38,40-43H2,1-5H3,(H-,47,50,51,52)/b31-29+,39-37+. The summed E-state index contributed by atoms with van der Waals surface area (Å²) < 4.78 is 23.2. The van der Waals surface area contributed by atoms with Crippen molar-refractivity contribution in [3.05, 3.63) is 24.3 Å². The molecule has 0 rings (SSSR count). The fourth-order valence-corrected chi connectivity index (χ4v) is 7.42. The van der Waals surface area contributed by atoms with Crippen molar-refractivity contribution in [2.45, 2.75) is 225 Å². The van der Waals surface area contributed by atoms with E-state index in [-0.39, 0.29) is 19.1 Å². The van der Waals surface area contributed by atoms with Crippen LogP contribution in [0.1, 0.15) is 213 Å². The summed E-state index contributed by atoms with van der Waals surface area (Å²) in [5, 5.41) is 13.8. The Morgan fingerprint density at radius 2 is 1.02 bits per heavy atom. The van der Waals surface area contributed by atoms with E-state index in [4.69, 9.17) is 9.05 Å². The van der Waals surface area contributed by atoms with Crippen LogP contribution < -0.4 is 10.2 Å². The topological polar surface area (TPSA) is 108 Å². The summed E-state index contributed by atoms with van der Waals surface area (Å²) in [7, 11) is 1.25. The number of nitrogens with zero attached hydrogens (tertiary/aromatic N) is 1. The monoisotopic (exact) mass is 799 g/mol. The Morgan fingerprint density at radius 1 is 0.618 bits per heavy atom. The van der Waals surface area contributed by atoms with E-state index in [1.165, 1.54) is 154 Å². The van der Waals surface area contributed by atoms with Crippen molar-refractivity contribution in [2.75, 3.05) is 40.9 Å². The van der Waals surface area contributed by atoms with Crippen molar-refractivity contribution in [1.29, 1.82) is 0 Å². The molecule has 0 aromatic heterocycles. The maximum Gasteiger partial charge on any atom is 0.268 e. The van der Waals surface area contributed by atoms with Crippen LogP contribution in [0.25, 0.3) is 0 Å². The van der Waals surface area contributed by atoms with Gasteiger partial charge < -0.3 is 28.8 Å². The summed E-state index contributed by atoms with van der Waals surface area (Å²) in [6, 6.07) is -0.898. The van der Waals surface area contributed by atoms with Gasteiger partial charge in [-0.25, -0.2) is 0 Å². The maximum atomic E-state index is 12.9. The van der Waals surface area contributed by atoms with Crippen LogP contribution in [0.5, 0.6) is 0 Å². The van der Waals surface area contributed by atoms with Crippen LogP contribution in [-0.2, 0) is 18.4 Å². The van der Waals surface area contributed by atoms with E-state index < -0.39 is 20.0 Å². The second kappa shape index (κ2) is 38.5. The third-order valence-corrected chi connectivity index (χ3v) is 11.4. The lowest BCUT2D eigenvalue weighted by Gasteiger charge is -2.29. The van der Waals surface area contributed by atoms with Gasteiger partial charge in [0, 0.05) is 6.42 Å². The third-order valence-electron chi connectivity index (χ3n) is 10.4. The molecule has 0 spiro atoms. The van der Waals surface area contributed by atoms with Gasteiger partial charge in [-0.05, 0) is 32.1 Å². The Morgan fingerprint density at radius 3 is 1.47 bits per heavy atom. The van der Waals surface area contributed by atoms with Gasteiger partial charge in [-0.15, -0.1) is 0 Å². The first-order valence-corrected chi connectivity index (χ1v) is 24.7. The molecule has 3 atom stereocenters. The molecule has 2 N–H and O–H groups in total. The van der Waals surface area contributed by atoms with Crippen molar-refractivity contribution in [3.63, 3.8) is 0 Å². The molecule has 1 amide bonds. The van der Waals surface area contributed by atoms with Crippen LogP contribution in [0, 0.1) is 0 Å². The largest absolute Gasteiger partial charge is 0.756 e. The molecule has 0 saturated heterocycles. The van der Waals surface area contributed by atoms with E-state index in [9.17, 15) is 19.4 Å². The zero-order valence-corrected chi connectivity index (χ0v) is 37.8. The number of allylic oxidation sites excluding steroid dienone is 3. The molecular formula is C46H91N2O6P. The Kier molecular flexibility index (Phi) is 37.8. The predicted octanol–water partition coefficient (Wildman–Crippen LogP) is 12.3. The van der Waals surface area contributed by atoms with Gasteiger partial charge in [0.05, 0.1) is 39.9 Å². The first-order valence-electron chi connectivity index (χ1n) is 23.2. The van der Waals surface area contributed by atoms with Gasteiger partial charge in [0.25, 0.3) is 7.82 Å². The highest BCUT2D eigenvalue weighted by atomic mass is 31.2. The number of carbonyl (C=O) groups is 1. The van der Waals surface area contributed by atoms with E-state index >= 15 is 0 Å². The van der Waals surface area contributed by atoms with Crippen LogP contribution in [0.4, 0.5) is 0 Å². The van der Waals surface area contributed by atoms with Gasteiger partial charge in [-0.1, -0.05) is 199 Å². The van der Waals surface area contributed by atoms with Crippen molar-refractivity contribution in [2.24, 2.45) is 0 Å². The number of quaternary nitrogens is 1. The molecule has 0 aromatic carbocycles. The Labute approximate surface area is 341 Å². The molecule has 9 heteroatoms. The average Bonchev–Trinajstić information content (AvgIpc) is 3.13. The Hall–Kier alpha value is -1.02. The number of rotatable bonds is 42. The fourth-order valence-electron chi connectivity index (χ4n) is 6.70. The van der Waals surface area contributed by atoms with Crippen LogP contribution in [0.15, 0.2) is 24.3 Å². The molecule has 0 aliphatic rings. The summed E-state index contributed by atoms with van der Waals surface area (Å²) in [6.07, 6.45) is 45.1. The second-order valence-electron chi connectivity index (χ2n) is 17.1. The van der Waals surface area contributed by atoms with E-state index in [2.05, 4.69) is 31.3 Å².